The van der Waals surface area contributed by atoms with Gasteiger partial charge in [0.1, 0.15) is 24.9 Å². The van der Waals surface area contributed by atoms with Crippen molar-refractivity contribution in [1.29, 1.82) is 0 Å². The van der Waals surface area contributed by atoms with Gasteiger partial charge in [0.05, 0.1) is 22.4 Å². The van der Waals surface area contributed by atoms with E-state index in [1.165, 1.54) is 0 Å². The van der Waals surface area contributed by atoms with Gasteiger partial charge in [0.25, 0.3) is 0 Å². The van der Waals surface area contributed by atoms with Crippen molar-refractivity contribution in [3.8, 4) is 62.9 Å². The molecule has 54 heavy (non-hydrogen) atoms. The largest absolute Gasteiger partial charge is 0.504 e. The third-order valence-corrected chi connectivity index (χ3v) is 9.16. The Morgan fingerprint density at radius 1 is 0.704 bits per heavy atom. The lowest BCUT2D eigenvalue weighted by Crippen LogP contribution is -2.61. The highest BCUT2D eigenvalue weighted by Gasteiger charge is 2.51. The van der Waals surface area contributed by atoms with Crippen LogP contribution in [0, 0.1) is 0 Å². The van der Waals surface area contributed by atoms with Gasteiger partial charge in [-0.3, -0.25) is 9.59 Å². The fourth-order valence-electron chi connectivity index (χ4n) is 6.52. The van der Waals surface area contributed by atoms with Crippen LogP contribution in [-0.4, -0.2) is 117 Å². The number of cyclic esters (lactones) is 1. The van der Waals surface area contributed by atoms with Gasteiger partial charge in [-0.15, -0.1) is 0 Å². The van der Waals surface area contributed by atoms with Crippen LogP contribution in [0.3, 0.4) is 0 Å². The molecule has 11 N–H and O–H groups in total. The van der Waals surface area contributed by atoms with Crippen LogP contribution in [0.2, 0.25) is 0 Å². The Balaban J connectivity index is 1.32. The predicted octanol–water partition coefficient (Wildman–Crippen LogP) is -0.134. The summed E-state index contributed by atoms with van der Waals surface area (Å²) in [5, 5.41) is 114. The van der Waals surface area contributed by atoms with Gasteiger partial charge in [0.15, 0.2) is 52.1 Å². The molecule has 1 aliphatic carbocycles. The normalized spacial score (nSPS) is 23.6. The maximum Gasteiger partial charge on any atom is 0.344 e. The number of aliphatic hydroxyl groups excluding tert-OH is 2. The number of hydrogen-bond acceptors (Lipinski definition) is 21. The van der Waals surface area contributed by atoms with Crippen molar-refractivity contribution in [2.75, 3.05) is 6.61 Å². The summed E-state index contributed by atoms with van der Waals surface area (Å²) in [5.41, 5.74) is -5.48. The summed E-state index contributed by atoms with van der Waals surface area (Å²) in [7, 11) is 0. The van der Waals surface area contributed by atoms with Crippen molar-refractivity contribution in [2.24, 2.45) is 0 Å². The van der Waals surface area contributed by atoms with Crippen LogP contribution < -0.4 is 5.63 Å². The van der Waals surface area contributed by atoms with Crippen LogP contribution in [0.5, 0.6) is 51.7 Å². The molecular weight excluding hydrogens is 732 g/mol. The van der Waals surface area contributed by atoms with E-state index in [4.69, 9.17) is 23.4 Å². The van der Waals surface area contributed by atoms with Gasteiger partial charge in [-0.05, 0) is 18.2 Å². The third kappa shape index (κ3) is 5.16. The van der Waals surface area contributed by atoms with Crippen LogP contribution >= 0.6 is 0 Å². The van der Waals surface area contributed by atoms with Crippen LogP contribution in [0.15, 0.2) is 27.4 Å². The molecule has 1 saturated heterocycles. The molecule has 1 fully saturated rings. The molecule has 7 rings (SSSR count). The van der Waals surface area contributed by atoms with E-state index in [1.54, 1.807) is 0 Å². The van der Waals surface area contributed by atoms with E-state index < -0.39 is 175 Å². The van der Waals surface area contributed by atoms with E-state index in [9.17, 15) is 80.1 Å². The van der Waals surface area contributed by atoms with Crippen molar-refractivity contribution >= 4 is 34.5 Å². The topological polar surface area (TPSA) is 358 Å². The zero-order valence-corrected chi connectivity index (χ0v) is 26.6. The molecule has 2 aliphatic heterocycles. The summed E-state index contributed by atoms with van der Waals surface area (Å²) in [6, 6.07) is 1.72. The van der Waals surface area contributed by atoms with Crippen molar-refractivity contribution < 1.29 is 98.7 Å². The summed E-state index contributed by atoms with van der Waals surface area (Å²) >= 11 is 0. The summed E-state index contributed by atoms with van der Waals surface area (Å²) in [5.74, 6) is -18.8. The summed E-state index contributed by atoms with van der Waals surface area (Å²) in [6.45, 7) is -0.988. The van der Waals surface area contributed by atoms with Crippen LogP contribution in [0.25, 0.3) is 21.9 Å². The molecule has 1 unspecified atom stereocenters. The number of carbonyl (C=O) groups is 4. The molecule has 4 aromatic rings. The monoisotopic (exact) mass is 756 g/mol. The Hall–Kier alpha value is -6.97. The highest BCUT2D eigenvalue weighted by molar-refractivity contribution is 6.11. The molecule has 0 spiro atoms. The number of ketones is 1. The van der Waals surface area contributed by atoms with Gasteiger partial charge in [0.2, 0.25) is 23.5 Å². The number of esters is 3. The quantitative estimate of drug-likeness (QED) is 0.0720. The van der Waals surface area contributed by atoms with E-state index in [-0.39, 0.29) is 0 Å². The minimum atomic E-state index is -2.29. The predicted molar refractivity (Wildman–Crippen MR) is 167 cm³/mol. The van der Waals surface area contributed by atoms with Gasteiger partial charge in [-0.25, -0.2) is 14.4 Å². The maximum absolute atomic E-state index is 13.8. The van der Waals surface area contributed by atoms with E-state index in [0.29, 0.717) is 18.2 Å². The number of phenols is 9. The Bertz CT molecular complexity index is 2410. The molecular formula is C33H24O21. The SMILES string of the molecule is O=C1OC[C@H]2O[C@@H](OC(=O)c3cc(O)c(O)c(O)c3-c3c1cc(O)c(O)c3O)[C@H](OC(=O)C1CC(=O)c3oc(=O)c4cc(O)c(O)c(O)c4c31)[C@@H](O)[C@@H]2O. The first-order chi connectivity index (χ1) is 25.4. The van der Waals surface area contributed by atoms with Gasteiger partial charge >= 0.3 is 23.5 Å². The number of carbonyl (C=O) groups excluding carboxylic acids is 4. The average Bonchev–Trinajstić information content (AvgIpc) is 3.45. The molecule has 3 aromatic carbocycles. The molecule has 2 bridgehead atoms. The standard InChI is InChI=1S/C33H24O21/c34-10-1-6-15(23(42)19(10)38)16-7(2-11(35)20(39)24(16)43)32(49)54-33-28(26(45)22(41)14(51-33)5-50-29(6)46)53-31(48)9-4-13(37)27-18(9)17-8(30(47)52-27)3-12(36)21(40)25(17)44/h1-3,9,14,22,26,28,33-36,38-45H,4-5H2/t9?,14-,22-,26+,28-,33+/m1/s1. The molecule has 0 amide bonds. The maximum atomic E-state index is 13.8. The molecule has 1 aromatic heterocycles. The number of rotatable bonds is 2. The fraction of sp³-hybridized carbons (Fsp3) is 0.242. The number of phenolic OH excluding ortho intramolecular Hbond substituents is 9. The number of benzene rings is 3. The first kappa shape index (κ1) is 35.4. The highest BCUT2D eigenvalue weighted by Crippen LogP contribution is 2.53. The van der Waals surface area contributed by atoms with Crippen molar-refractivity contribution in [2.45, 2.75) is 43.0 Å². The molecule has 282 valence electrons. The Kier molecular flexibility index (Phi) is 8.09. The lowest BCUT2D eigenvalue weighted by Gasteiger charge is -2.41. The number of Topliss-reactive ketones (excluding diaryl/α,β-unsaturated/α-hetero) is 1. The minimum Gasteiger partial charge on any atom is -0.504 e. The number of hydrogen-bond donors (Lipinski definition) is 11. The molecule has 6 atom stereocenters. The molecule has 0 radical (unpaired) electrons. The lowest BCUT2D eigenvalue weighted by atomic mass is 9.91. The van der Waals surface area contributed by atoms with Crippen molar-refractivity contribution in [3.63, 3.8) is 0 Å². The zero-order chi connectivity index (χ0) is 39.2. The Morgan fingerprint density at radius 2 is 1.26 bits per heavy atom. The second-order valence-electron chi connectivity index (χ2n) is 12.3. The van der Waals surface area contributed by atoms with Gasteiger partial charge < -0.3 is 79.5 Å². The van der Waals surface area contributed by atoms with E-state index in [0.717, 1.165) is 0 Å². The smallest absolute Gasteiger partial charge is 0.344 e. The molecule has 0 saturated carbocycles. The first-order valence-corrected chi connectivity index (χ1v) is 15.4. The third-order valence-electron chi connectivity index (χ3n) is 9.16. The van der Waals surface area contributed by atoms with Crippen LogP contribution in [0.1, 0.15) is 49.2 Å². The van der Waals surface area contributed by atoms with E-state index >= 15 is 0 Å². The summed E-state index contributed by atoms with van der Waals surface area (Å²) in [6.07, 6.45) is -11.5. The zero-order valence-electron chi connectivity index (χ0n) is 26.6. The lowest BCUT2D eigenvalue weighted by molar-refractivity contribution is -0.289. The fourth-order valence-corrected chi connectivity index (χ4v) is 6.52. The van der Waals surface area contributed by atoms with Gasteiger partial charge in [-0.2, -0.15) is 0 Å². The van der Waals surface area contributed by atoms with E-state index in [1.807, 2.05) is 0 Å². The van der Waals surface area contributed by atoms with E-state index in [2.05, 4.69) is 0 Å². The van der Waals surface area contributed by atoms with Crippen LogP contribution in [0.4, 0.5) is 0 Å². The number of aromatic hydroxyl groups is 9. The van der Waals surface area contributed by atoms with Crippen molar-refractivity contribution in [1.82, 2.24) is 0 Å². The molecule has 21 nitrogen and oxygen atoms in total. The minimum absolute atomic E-state index is 0.475. The first-order valence-electron chi connectivity index (χ1n) is 15.4. The number of aliphatic hydroxyl groups is 2. The second kappa shape index (κ2) is 12.3. The molecule has 21 heteroatoms. The summed E-state index contributed by atoms with van der Waals surface area (Å²) in [4.78, 5) is 66.3. The average molecular weight is 757 g/mol. The van der Waals surface area contributed by atoms with Crippen molar-refractivity contribution in [3.05, 3.63) is 51.1 Å². The Morgan fingerprint density at radius 3 is 1.87 bits per heavy atom. The second-order valence-corrected chi connectivity index (χ2v) is 12.3. The highest BCUT2D eigenvalue weighted by atomic mass is 16.7. The number of ether oxygens (including phenoxy) is 4. The Labute approximate surface area is 296 Å². The number of fused-ring (bicyclic) bond motifs is 8. The van der Waals surface area contributed by atoms with Gasteiger partial charge in [-0.1, -0.05) is 0 Å². The molecule has 3 aliphatic rings. The van der Waals surface area contributed by atoms with Crippen LogP contribution in [-0.2, 0) is 23.7 Å². The molecule has 3 heterocycles. The summed E-state index contributed by atoms with van der Waals surface area (Å²) < 4.78 is 26.5. The van der Waals surface area contributed by atoms with Gasteiger partial charge in [0, 0.05) is 28.5 Å².